The van der Waals surface area contributed by atoms with Gasteiger partial charge >= 0.3 is 0 Å². The van der Waals surface area contributed by atoms with E-state index in [0.717, 1.165) is 56.4 Å². The molecule has 1 aromatic carbocycles. The number of nitrogens with zero attached hydrogens (tertiary/aromatic N) is 4. The van der Waals surface area contributed by atoms with Crippen molar-refractivity contribution in [3.8, 4) is 5.75 Å². The Balaban J connectivity index is 1.40. The summed E-state index contributed by atoms with van der Waals surface area (Å²) in [5.41, 5.74) is 0. The number of benzene rings is 1. The lowest BCUT2D eigenvalue weighted by molar-refractivity contribution is 0.199. The number of rotatable bonds is 9. The fraction of sp³-hybridized carbons (Fsp3) is 0.591. The summed E-state index contributed by atoms with van der Waals surface area (Å²) in [6, 6.07) is 7.56. The Morgan fingerprint density at radius 3 is 2.90 bits per heavy atom. The van der Waals surface area contributed by atoms with Crippen LogP contribution >= 0.6 is 11.6 Å². The Hall–Kier alpha value is -2.28. The second-order valence-corrected chi connectivity index (χ2v) is 7.96. The summed E-state index contributed by atoms with van der Waals surface area (Å²) < 4.78 is 8.35. The molecule has 2 heterocycles. The first-order chi connectivity index (χ1) is 14.7. The molecule has 0 amide bonds. The van der Waals surface area contributed by atoms with Gasteiger partial charge in [0.25, 0.3) is 0 Å². The number of halogens is 1. The van der Waals surface area contributed by atoms with Crippen LogP contribution in [0.1, 0.15) is 50.7 Å². The van der Waals surface area contributed by atoms with Crippen molar-refractivity contribution in [1.82, 2.24) is 25.4 Å². The monoisotopic (exact) mass is 432 g/mol. The number of aromatic nitrogens is 3. The molecule has 1 aromatic heterocycles. The first-order valence-corrected chi connectivity index (χ1v) is 11.4. The minimum absolute atomic E-state index is 0.00917. The maximum Gasteiger partial charge on any atom is 0.191 e. The summed E-state index contributed by atoms with van der Waals surface area (Å²) in [7, 11) is 1.78. The van der Waals surface area contributed by atoms with Crippen molar-refractivity contribution in [3.05, 3.63) is 40.9 Å². The number of aliphatic imine (C=N–C) groups is 1. The van der Waals surface area contributed by atoms with Crippen LogP contribution in [0.15, 0.2) is 29.3 Å². The predicted octanol–water partition coefficient (Wildman–Crippen LogP) is 3.61. The van der Waals surface area contributed by atoms with Gasteiger partial charge in [-0.3, -0.25) is 4.99 Å². The van der Waals surface area contributed by atoms with E-state index in [1.807, 2.05) is 24.3 Å². The molecule has 0 saturated heterocycles. The summed E-state index contributed by atoms with van der Waals surface area (Å²) in [6.07, 6.45) is 7.56. The molecule has 30 heavy (non-hydrogen) atoms. The number of hydrogen-bond acceptors (Lipinski definition) is 4. The number of nitrogens with one attached hydrogen (secondary N) is 2. The third-order valence-electron chi connectivity index (χ3n) is 5.36. The predicted molar refractivity (Wildman–Crippen MR) is 121 cm³/mol. The highest BCUT2D eigenvalue weighted by Gasteiger charge is 2.14. The van der Waals surface area contributed by atoms with Gasteiger partial charge in [-0.25, -0.2) is 0 Å². The van der Waals surface area contributed by atoms with Gasteiger partial charge in [-0.05, 0) is 37.8 Å². The van der Waals surface area contributed by atoms with E-state index in [1.165, 1.54) is 19.3 Å². The molecule has 0 saturated carbocycles. The minimum Gasteiger partial charge on any atom is -0.487 e. The zero-order valence-electron chi connectivity index (χ0n) is 18.0. The molecular weight excluding hydrogens is 400 g/mol. The number of para-hydroxylation sites is 1. The SMILES string of the molecule is CCC(CNC(=NC)NCCCc1nnc2n1CCCCC2)Oc1ccccc1Cl. The van der Waals surface area contributed by atoms with Crippen LogP contribution in [0, 0.1) is 0 Å². The third-order valence-corrected chi connectivity index (χ3v) is 5.67. The Bertz CT molecular complexity index is 822. The molecule has 164 valence electrons. The van der Waals surface area contributed by atoms with Crippen molar-refractivity contribution in [2.75, 3.05) is 20.1 Å². The van der Waals surface area contributed by atoms with E-state index >= 15 is 0 Å². The van der Waals surface area contributed by atoms with Gasteiger partial charge in [-0.2, -0.15) is 0 Å². The maximum atomic E-state index is 6.20. The van der Waals surface area contributed by atoms with Crippen LogP contribution in [-0.2, 0) is 19.4 Å². The van der Waals surface area contributed by atoms with Crippen molar-refractivity contribution in [1.29, 1.82) is 0 Å². The second-order valence-electron chi connectivity index (χ2n) is 7.56. The van der Waals surface area contributed by atoms with E-state index in [-0.39, 0.29) is 6.10 Å². The van der Waals surface area contributed by atoms with Crippen LogP contribution in [0.4, 0.5) is 0 Å². The van der Waals surface area contributed by atoms with E-state index in [9.17, 15) is 0 Å². The highest BCUT2D eigenvalue weighted by atomic mass is 35.5. The van der Waals surface area contributed by atoms with Crippen molar-refractivity contribution >= 4 is 17.6 Å². The van der Waals surface area contributed by atoms with E-state index < -0.39 is 0 Å². The topological polar surface area (TPSA) is 76.4 Å². The molecule has 3 rings (SSSR count). The van der Waals surface area contributed by atoms with Crippen LogP contribution in [0.25, 0.3) is 0 Å². The van der Waals surface area contributed by atoms with Gasteiger partial charge in [0.15, 0.2) is 5.96 Å². The van der Waals surface area contributed by atoms with Crippen molar-refractivity contribution in [2.45, 2.75) is 64.5 Å². The molecule has 0 bridgehead atoms. The first kappa shape index (κ1) is 22.4. The fourth-order valence-corrected chi connectivity index (χ4v) is 3.78. The highest BCUT2D eigenvalue weighted by Crippen LogP contribution is 2.24. The molecular formula is C22H33ClN6O. The summed E-state index contributed by atoms with van der Waals surface area (Å²) in [5.74, 6) is 3.74. The number of aryl methyl sites for hydroxylation is 2. The molecule has 7 nitrogen and oxygen atoms in total. The zero-order valence-corrected chi connectivity index (χ0v) is 18.8. The Kier molecular flexibility index (Phi) is 8.81. The maximum absolute atomic E-state index is 6.20. The lowest BCUT2D eigenvalue weighted by atomic mass is 10.2. The van der Waals surface area contributed by atoms with Gasteiger partial charge in [0.2, 0.25) is 0 Å². The first-order valence-electron chi connectivity index (χ1n) is 11.0. The largest absolute Gasteiger partial charge is 0.487 e. The van der Waals surface area contributed by atoms with Crippen LogP contribution in [0.5, 0.6) is 5.75 Å². The molecule has 0 fully saturated rings. The fourth-order valence-electron chi connectivity index (χ4n) is 3.60. The standard InChI is InChI=1S/C22H33ClN6O/c1-3-17(30-19-11-7-6-10-18(19)23)16-26-22(24-2)25-14-9-13-21-28-27-20-12-5-4-8-15-29(20)21/h6-7,10-11,17H,3-5,8-9,12-16H2,1-2H3,(H2,24,25,26). The second kappa shape index (κ2) is 11.8. The van der Waals surface area contributed by atoms with Crippen molar-refractivity contribution in [2.24, 2.45) is 4.99 Å². The van der Waals surface area contributed by atoms with Gasteiger partial charge in [-0.15, -0.1) is 10.2 Å². The average molecular weight is 433 g/mol. The van der Waals surface area contributed by atoms with Gasteiger partial charge in [0, 0.05) is 33.0 Å². The molecule has 8 heteroatoms. The van der Waals surface area contributed by atoms with Gasteiger partial charge in [0.05, 0.1) is 11.6 Å². The van der Waals surface area contributed by atoms with Crippen LogP contribution < -0.4 is 15.4 Å². The summed E-state index contributed by atoms with van der Waals surface area (Å²) in [4.78, 5) is 4.32. The highest BCUT2D eigenvalue weighted by molar-refractivity contribution is 6.32. The minimum atomic E-state index is 0.00917. The molecule has 2 aromatic rings. The molecule has 2 N–H and O–H groups in total. The van der Waals surface area contributed by atoms with E-state index in [1.54, 1.807) is 7.05 Å². The smallest absolute Gasteiger partial charge is 0.191 e. The van der Waals surface area contributed by atoms with Gasteiger partial charge in [-0.1, -0.05) is 37.1 Å². The number of ether oxygens (including phenoxy) is 1. The summed E-state index contributed by atoms with van der Waals surface area (Å²) >= 11 is 6.20. The summed E-state index contributed by atoms with van der Waals surface area (Å²) in [5, 5.41) is 16.1. The van der Waals surface area contributed by atoms with E-state index in [2.05, 4.69) is 37.3 Å². The lowest BCUT2D eigenvalue weighted by Gasteiger charge is -2.20. The zero-order chi connectivity index (χ0) is 21.2. The van der Waals surface area contributed by atoms with Crippen molar-refractivity contribution in [3.63, 3.8) is 0 Å². The number of hydrogen-bond donors (Lipinski definition) is 2. The van der Waals surface area contributed by atoms with E-state index in [0.29, 0.717) is 17.3 Å². The normalized spacial score (nSPS) is 15.2. The van der Waals surface area contributed by atoms with Crippen LogP contribution in [0.2, 0.25) is 5.02 Å². The van der Waals surface area contributed by atoms with Gasteiger partial charge in [0.1, 0.15) is 23.5 Å². The molecule has 1 unspecified atom stereocenters. The molecule has 1 aliphatic rings. The van der Waals surface area contributed by atoms with Crippen molar-refractivity contribution < 1.29 is 4.74 Å². The van der Waals surface area contributed by atoms with Crippen LogP contribution in [-0.4, -0.2) is 47.0 Å². The van der Waals surface area contributed by atoms with E-state index in [4.69, 9.17) is 16.3 Å². The third kappa shape index (κ3) is 6.36. The number of fused-ring (bicyclic) bond motifs is 1. The molecule has 1 aliphatic heterocycles. The molecule has 0 aliphatic carbocycles. The Labute approximate surface area is 184 Å². The van der Waals surface area contributed by atoms with Crippen LogP contribution in [0.3, 0.4) is 0 Å². The molecule has 0 radical (unpaired) electrons. The average Bonchev–Trinajstić information content (AvgIpc) is 2.99. The quantitative estimate of drug-likeness (QED) is 0.359. The van der Waals surface area contributed by atoms with Gasteiger partial charge < -0.3 is 19.9 Å². The number of guanidine groups is 1. The lowest BCUT2D eigenvalue weighted by Crippen LogP contribution is -2.42. The summed E-state index contributed by atoms with van der Waals surface area (Å²) in [6.45, 7) is 4.63. The molecule has 1 atom stereocenters. The Morgan fingerprint density at radius 1 is 1.23 bits per heavy atom. The Morgan fingerprint density at radius 2 is 2.10 bits per heavy atom. The molecule has 0 spiro atoms.